The Morgan fingerprint density at radius 1 is 1.24 bits per heavy atom. The fraction of sp³-hybridized carbons (Fsp3) is 0.250. The normalized spacial score (nSPS) is 17.5. The van der Waals surface area contributed by atoms with Crippen molar-refractivity contribution in [1.82, 2.24) is 19.9 Å². The monoisotopic (exact) mass is 450 g/mol. The maximum absolute atomic E-state index is 15.2. The van der Waals surface area contributed by atoms with Crippen molar-refractivity contribution in [3.05, 3.63) is 77.3 Å². The van der Waals surface area contributed by atoms with Crippen LogP contribution in [0, 0.1) is 0 Å². The first kappa shape index (κ1) is 21.2. The van der Waals surface area contributed by atoms with Crippen LogP contribution in [0.15, 0.2) is 66.0 Å². The number of benzene rings is 1. The van der Waals surface area contributed by atoms with Crippen LogP contribution in [0.25, 0.3) is 22.1 Å². The number of hydrogen-bond acceptors (Lipinski definition) is 6. The molecule has 0 radical (unpaired) electrons. The van der Waals surface area contributed by atoms with Crippen LogP contribution in [-0.2, 0) is 16.1 Å². The van der Waals surface area contributed by atoms with Crippen molar-refractivity contribution in [1.29, 1.82) is 0 Å². The molecule has 5 rings (SSSR count). The molecule has 170 valence electrons. The van der Waals surface area contributed by atoms with Gasteiger partial charge in [0, 0.05) is 29.1 Å². The summed E-state index contributed by atoms with van der Waals surface area (Å²) in [5, 5.41) is 11.7. The predicted molar refractivity (Wildman–Crippen MR) is 120 cm³/mol. The van der Waals surface area contributed by atoms with Gasteiger partial charge in [-0.05, 0) is 24.3 Å². The zero-order chi connectivity index (χ0) is 22.9. The number of para-hydroxylation sites is 2. The Bertz CT molecular complexity index is 1340. The number of imidazole rings is 1. The van der Waals surface area contributed by atoms with E-state index < -0.39 is 18.0 Å². The van der Waals surface area contributed by atoms with Crippen molar-refractivity contribution in [3.8, 4) is 5.75 Å². The molecule has 0 spiro atoms. The second-order valence-electron chi connectivity index (χ2n) is 7.73. The molecule has 3 N–H and O–H groups in total. The molecule has 2 atom stereocenters. The maximum Gasteiger partial charge on any atom is 0.137 e. The quantitative estimate of drug-likeness (QED) is 0.389. The first-order valence-electron chi connectivity index (χ1n) is 10.5. The van der Waals surface area contributed by atoms with E-state index in [1.807, 2.05) is 24.3 Å². The summed E-state index contributed by atoms with van der Waals surface area (Å²) in [4.78, 5) is 14.9. The van der Waals surface area contributed by atoms with Crippen LogP contribution in [0.3, 0.4) is 0 Å². The number of ether oxygens (including phenoxy) is 3. The van der Waals surface area contributed by atoms with E-state index in [0.717, 1.165) is 11.0 Å². The van der Waals surface area contributed by atoms with Gasteiger partial charge < -0.3 is 29.3 Å². The molecule has 1 aliphatic carbocycles. The lowest BCUT2D eigenvalue weighted by Gasteiger charge is -2.26. The molecule has 2 unspecified atom stereocenters. The van der Waals surface area contributed by atoms with E-state index in [9.17, 15) is 5.11 Å². The number of nitrogens with one attached hydrogen (secondary N) is 2. The third-order valence-corrected chi connectivity index (χ3v) is 5.75. The summed E-state index contributed by atoms with van der Waals surface area (Å²) in [5.74, 6) is 1.14. The van der Waals surface area contributed by atoms with E-state index in [4.69, 9.17) is 14.2 Å². The van der Waals surface area contributed by atoms with Gasteiger partial charge in [-0.3, -0.25) is 0 Å². The van der Waals surface area contributed by atoms with E-state index >= 15 is 4.39 Å². The Balaban J connectivity index is 1.36. The first-order valence-corrected chi connectivity index (χ1v) is 10.5. The molecule has 9 heteroatoms. The van der Waals surface area contributed by atoms with Crippen LogP contribution in [-0.4, -0.2) is 45.4 Å². The van der Waals surface area contributed by atoms with Crippen molar-refractivity contribution >= 4 is 22.1 Å². The van der Waals surface area contributed by atoms with Gasteiger partial charge in [-0.25, -0.2) is 14.4 Å². The van der Waals surface area contributed by atoms with Crippen molar-refractivity contribution in [3.63, 3.8) is 0 Å². The molecule has 3 aromatic heterocycles. The molecule has 4 aromatic rings. The fourth-order valence-corrected chi connectivity index (χ4v) is 4.03. The average molecular weight is 450 g/mol. The number of nitrogens with zero attached hydrogens (tertiary/aromatic N) is 2. The molecular formula is C24H23FN4O4. The second kappa shape index (κ2) is 8.68. The molecule has 0 saturated heterocycles. The number of pyridine rings is 1. The summed E-state index contributed by atoms with van der Waals surface area (Å²) in [7, 11) is 3.03. The molecule has 0 aliphatic heterocycles. The lowest BCUT2D eigenvalue weighted by atomic mass is 9.93. The zero-order valence-electron chi connectivity index (χ0n) is 18.1. The molecular weight excluding hydrogens is 427 g/mol. The van der Waals surface area contributed by atoms with Gasteiger partial charge in [0.1, 0.15) is 47.6 Å². The second-order valence-corrected chi connectivity index (χ2v) is 7.73. The fourth-order valence-electron chi connectivity index (χ4n) is 4.03. The standard InChI is InChI=1S/C24H23FN4O4/c1-31-13-7-14-16(11-27-24(14)26-10-13)23(30)15-8-20(32-2)21(9-17(15)25)33-12-22-28-18-5-3-4-6-19(18)29-22/h3-8,10-11,21,23,30H,9,12H2,1-2H3,(H,26,27)(H,28,29). The van der Waals surface area contributed by atoms with Gasteiger partial charge in [0.2, 0.25) is 0 Å². The highest BCUT2D eigenvalue weighted by molar-refractivity contribution is 5.82. The van der Waals surface area contributed by atoms with Crippen molar-refractivity contribution in [2.24, 2.45) is 0 Å². The smallest absolute Gasteiger partial charge is 0.137 e. The molecule has 0 bridgehead atoms. The minimum Gasteiger partial charge on any atom is -0.498 e. The molecule has 0 saturated carbocycles. The van der Waals surface area contributed by atoms with Gasteiger partial charge in [0.25, 0.3) is 0 Å². The van der Waals surface area contributed by atoms with Crippen LogP contribution >= 0.6 is 0 Å². The summed E-state index contributed by atoms with van der Waals surface area (Å²) in [5.41, 5.74) is 2.94. The third-order valence-electron chi connectivity index (χ3n) is 5.75. The van der Waals surface area contributed by atoms with Crippen LogP contribution in [0.2, 0.25) is 0 Å². The number of aliphatic hydroxyl groups is 1. The Kier molecular flexibility index (Phi) is 5.57. The molecule has 0 fully saturated rings. The van der Waals surface area contributed by atoms with Crippen molar-refractivity contribution < 1.29 is 23.7 Å². The van der Waals surface area contributed by atoms with E-state index in [0.29, 0.717) is 33.9 Å². The Hall–Kier alpha value is -3.69. The number of aromatic nitrogens is 4. The molecule has 1 aromatic carbocycles. The van der Waals surface area contributed by atoms with E-state index in [-0.39, 0.29) is 18.6 Å². The topological polar surface area (TPSA) is 105 Å². The molecule has 33 heavy (non-hydrogen) atoms. The molecule has 0 amide bonds. The largest absolute Gasteiger partial charge is 0.498 e. The zero-order valence-corrected chi connectivity index (χ0v) is 18.1. The van der Waals surface area contributed by atoms with Gasteiger partial charge in [-0.1, -0.05) is 12.1 Å². The van der Waals surface area contributed by atoms with Gasteiger partial charge in [-0.2, -0.15) is 0 Å². The van der Waals surface area contributed by atoms with Crippen LogP contribution in [0.1, 0.15) is 23.9 Å². The van der Waals surface area contributed by atoms with Crippen molar-refractivity contribution in [2.75, 3.05) is 14.2 Å². The summed E-state index contributed by atoms with van der Waals surface area (Å²) < 4.78 is 31.8. The minimum atomic E-state index is -1.21. The maximum atomic E-state index is 15.2. The van der Waals surface area contributed by atoms with E-state index in [1.54, 1.807) is 18.5 Å². The number of hydrogen-bond donors (Lipinski definition) is 3. The number of aliphatic hydroxyl groups excluding tert-OH is 1. The third kappa shape index (κ3) is 3.96. The van der Waals surface area contributed by atoms with Crippen LogP contribution in [0.4, 0.5) is 4.39 Å². The average Bonchev–Trinajstić information content (AvgIpc) is 3.45. The van der Waals surface area contributed by atoms with Gasteiger partial charge in [-0.15, -0.1) is 0 Å². The van der Waals surface area contributed by atoms with Gasteiger partial charge in [0.15, 0.2) is 0 Å². The minimum absolute atomic E-state index is 0.0593. The van der Waals surface area contributed by atoms with Crippen LogP contribution in [0.5, 0.6) is 5.75 Å². The number of H-pyrrole nitrogens is 2. The number of aromatic amines is 2. The predicted octanol–water partition coefficient (Wildman–Crippen LogP) is 4.22. The number of methoxy groups -OCH3 is 2. The lowest BCUT2D eigenvalue weighted by Crippen LogP contribution is -2.22. The first-order chi connectivity index (χ1) is 16.1. The summed E-state index contributed by atoms with van der Waals surface area (Å²) in [6, 6.07) is 9.42. The SMILES string of the molecule is COC1=CC(C(O)c2c[nH]c3ncc(OC)cc23)=C(F)CC1OCc1nc2ccccc2[nH]1. The lowest BCUT2D eigenvalue weighted by molar-refractivity contribution is 0.0201. The molecule has 1 aliphatic rings. The summed E-state index contributed by atoms with van der Waals surface area (Å²) >= 11 is 0. The highest BCUT2D eigenvalue weighted by Crippen LogP contribution is 2.38. The van der Waals surface area contributed by atoms with Gasteiger partial charge >= 0.3 is 0 Å². The van der Waals surface area contributed by atoms with E-state index in [1.165, 1.54) is 20.3 Å². The summed E-state index contributed by atoms with van der Waals surface area (Å²) in [6.07, 6.45) is 2.78. The molecule has 3 heterocycles. The van der Waals surface area contributed by atoms with Gasteiger partial charge in [0.05, 0.1) is 31.4 Å². The van der Waals surface area contributed by atoms with E-state index in [2.05, 4.69) is 19.9 Å². The van der Waals surface area contributed by atoms with Crippen molar-refractivity contribution in [2.45, 2.75) is 25.2 Å². The highest BCUT2D eigenvalue weighted by atomic mass is 19.1. The van der Waals surface area contributed by atoms with Crippen LogP contribution < -0.4 is 4.74 Å². The summed E-state index contributed by atoms with van der Waals surface area (Å²) in [6.45, 7) is 0.166. The highest BCUT2D eigenvalue weighted by Gasteiger charge is 2.30. The number of rotatable bonds is 7. The number of fused-ring (bicyclic) bond motifs is 2. The molecule has 8 nitrogen and oxygen atoms in total. The Morgan fingerprint density at radius 3 is 2.88 bits per heavy atom. The Morgan fingerprint density at radius 2 is 2.09 bits per heavy atom. The Labute approximate surface area is 188 Å². The number of halogens is 1.